The van der Waals surface area contributed by atoms with Crippen LogP contribution in [0.1, 0.15) is 63.4 Å². The van der Waals surface area contributed by atoms with E-state index < -0.39 is 29.3 Å². The largest absolute Gasteiger partial charge is 0.343 e. The van der Waals surface area contributed by atoms with Crippen LogP contribution < -0.4 is 0 Å². The molecule has 1 unspecified atom stereocenters. The molecule has 1 atom stereocenters. The molecule has 0 fully saturated rings. The summed E-state index contributed by atoms with van der Waals surface area (Å²) in [6.07, 6.45) is 6.43. The van der Waals surface area contributed by atoms with Crippen LogP contribution in [0.4, 0.5) is 13.2 Å². The monoisotopic (exact) mass is 396 g/mol. The van der Waals surface area contributed by atoms with Crippen LogP contribution in [0.3, 0.4) is 0 Å². The molecule has 0 amide bonds. The molecule has 3 N–H and O–H groups in total. The summed E-state index contributed by atoms with van der Waals surface area (Å²) in [4.78, 5) is 0. The fraction of sp³-hybridized carbons (Fsp3) is 0.455. The number of unbranched alkanes of at least 4 members (excludes halogenated alkanes) is 5. The predicted octanol–water partition coefficient (Wildman–Crippen LogP) is 5.24. The lowest BCUT2D eigenvalue weighted by molar-refractivity contribution is -0.326. The second-order valence-electron chi connectivity index (χ2n) is 7.16. The van der Waals surface area contributed by atoms with Crippen molar-refractivity contribution < 1.29 is 28.5 Å². The molecule has 6 heteroatoms. The second kappa shape index (κ2) is 10.0. The number of aliphatic hydroxyl groups is 3. The summed E-state index contributed by atoms with van der Waals surface area (Å²) in [5.74, 6) is -6.88. The summed E-state index contributed by atoms with van der Waals surface area (Å²) in [6, 6.07) is 7.00. The first-order chi connectivity index (χ1) is 13.2. The van der Waals surface area contributed by atoms with Crippen molar-refractivity contribution in [2.24, 2.45) is 0 Å². The van der Waals surface area contributed by atoms with Gasteiger partial charge in [-0.15, -0.1) is 0 Å². The molecule has 28 heavy (non-hydrogen) atoms. The molecule has 3 nitrogen and oxygen atoms in total. The maximum atomic E-state index is 13.9. The highest BCUT2D eigenvalue weighted by Gasteiger charge is 2.33. The topological polar surface area (TPSA) is 60.7 Å². The van der Waals surface area contributed by atoms with E-state index in [0.29, 0.717) is 30.5 Å². The van der Waals surface area contributed by atoms with E-state index in [1.165, 1.54) is 24.3 Å². The van der Waals surface area contributed by atoms with Gasteiger partial charge in [0.1, 0.15) is 17.5 Å². The van der Waals surface area contributed by atoms with Crippen molar-refractivity contribution >= 4 is 0 Å². The zero-order valence-electron chi connectivity index (χ0n) is 16.0. The molecule has 0 aromatic heterocycles. The fourth-order valence-corrected chi connectivity index (χ4v) is 3.41. The molecule has 0 saturated heterocycles. The summed E-state index contributed by atoms with van der Waals surface area (Å²) < 4.78 is 41.0. The third-order valence-corrected chi connectivity index (χ3v) is 4.92. The zero-order chi connectivity index (χ0) is 20.7. The van der Waals surface area contributed by atoms with E-state index in [1.54, 1.807) is 0 Å². The van der Waals surface area contributed by atoms with Gasteiger partial charge in [-0.2, -0.15) is 0 Å². The molecular formula is C22H27F3O3. The maximum absolute atomic E-state index is 13.9. The van der Waals surface area contributed by atoms with Crippen molar-refractivity contribution in [2.75, 3.05) is 0 Å². The molecule has 0 aliphatic rings. The molecule has 0 aliphatic carbocycles. The Morgan fingerprint density at radius 1 is 0.821 bits per heavy atom. The molecule has 0 aliphatic heterocycles. The zero-order valence-corrected chi connectivity index (χ0v) is 16.0. The number of benzene rings is 2. The minimum Gasteiger partial charge on any atom is -0.343 e. The van der Waals surface area contributed by atoms with Crippen LogP contribution in [0, 0.1) is 17.5 Å². The highest BCUT2D eigenvalue weighted by Crippen LogP contribution is 2.33. The highest BCUT2D eigenvalue weighted by molar-refractivity contribution is 5.65. The van der Waals surface area contributed by atoms with Gasteiger partial charge in [0.2, 0.25) is 0 Å². The molecule has 0 bridgehead atoms. The van der Waals surface area contributed by atoms with Gasteiger partial charge in [-0.3, -0.25) is 0 Å². The van der Waals surface area contributed by atoms with Gasteiger partial charge >= 0.3 is 0 Å². The van der Waals surface area contributed by atoms with Gasteiger partial charge in [0, 0.05) is 12.1 Å². The van der Waals surface area contributed by atoms with Crippen LogP contribution >= 0.6 is 0 Å². The van der Waals surface area contributed by atoms with E-state index in [-0.39, 0.29) is 11.1 Å². The van der Waals surface area contributed by atoms with E-state index in [1.807, 2.05) is 0 Å². The first kappa shape index (κ1) is 22.4. The lowest BCUT2D eigenvalue weighted by atomic mass is 9.89. The van der Waals surface area contributed by atoms with Gasteiger partial charge in [0.25, 0.3) is 5.97 Å². The minimum atomic E-state index is -2.89. The van der Waals surface area contributed by atoms with Crippen LogP contribution in [-0.2, 0) is 0 Å². The lowest BCUT2D eigenvalue weighted by Crippen LogP contribution is -2.35. The molecule has 0 radical (unpaired) electrons. The van der Waals surface area contributed by atoms with Crippen molar-refractivity contribution in [1.82, 2.24) is 0 Å². The molecule has 0 saturated carbocycles. The van der Waals surface area contributed by atoms with Crippen LogP contribution in [0.25, 0.3) is 11.1 Å². The Balaban J connectivity index is 2.14. The van der Waals surface area contributed by atoms with Crippen LogP contribution in [0.2, 0.25) is 0 Å². The minimum absolute atomic E-state index is 0.191. The molecular weight excluding hydrogens is 369 g/mol. The Morgan fingerprint density at radius 3 is 1.89 bits per heavy atom. The van der Waals surface area contributed by atoms with Crippen LogP contribution in [-0.4, -0.2) is 21.3 Å². The van der Waals surface area contributed by atoms with Gasteiger partial charge in [-0.25, -0.2) is 13.2 Å². The highest BCUT2D eigenvalue weighted by atomic mass is 19.1. The Bertz CT molecular complexity index is 732. The van der Waals surface area contributed by atoms with Gasteiger partial charge in [-0.1, -0.05) is 69.7 Å². The maximum Gasteiger partial charge on any atom is 0.282 e. The average molecular weight is 396 g/mol. The van der Waals surface area contributed by atoms with Gasteiger partial charge in [-0.05, 0) is 17.5 Å². The Labute approximate surface area is 163 Å². The molecule has 2 rings (SSSR count). The van der Waals surface area contributed by atoms with Crippen molar-refractivity contribution in [3.8, 4) is 11.1 Å². The number of halogens is 3. The molecule has 0 heterocycles. The van der Waals surface area contributed by atoms with Gasteiger partial charge in [0.15, 0.2) is 0 Å². The SMILES string of the molecule is CCCCCCCCC(c1ccc(-c2c(F)cc(F)cc2F)cc1)C(O)(O)O. The second-order valence-corrected chi connectivity index (χ2v) is 7.16. The van der Waals surface area contributed by atoms with E-state index in [4.69, 9.17) is 0 Å². The summed E-state index contributed by atoms with van der Waals surface area (Å²) in [6.45, 7) is 2.13. The molecule has 2 aromatic carbocycles. The van der Waals surface area contributed by atoms with Crippen LogP contribution in [0.5, 0.6) is 0 Å². The fourth-order valence-electron chi connectivity index (χ4n) is 3.41. The van der Waals surface area contributed by atoms with Crippen molar-refractivity contribution in [3.05, 3.63) is 59.4 Å². The lowest BCUT2D eigenvalue weighted by Gasteiger charge is -2.26. The smallest absolute Gasteiger partial charge is 0.282 e. The van der Waals surface area contributed by atoms with Crippen molar-refractivity contribution in [2.45, 2.75) is 63.8 Å². The van der Waals surface area contributed by atoms with Gasteiger partial charge in [0.05, 0.1) is 11.5 Å². The van der Waals surface area contributed by atoms with E-state index in [9.17, 15) is 28.5 Å². The Hall–Kier alpha value is -1.89. The normalized spacial score (nSPS) is 13.0. The summed E-state index contributed by atoms with van der Waals surface area (Å²) >= 11 is 0. The van der Waals surface area contributed by atoms with E-state index in [0.717, 1.165) is 32.1 Å². The summed E-state index contributed by atoms with van der Waals surface area (Å²) in [5.41, 5.74) is 0.271. The van der Waals surface area contributed by atoms with Gasteiger partial charge < -0.3 is 15.3 Å². The third-order valence-electron chi connectivity index (χ3n) is 4.92. The molecule has 2 aromatic rings. The summed E-state index contributed by atoms with van der Waals surface area (Å²) in [7, 11) is 0. The summed E-state index contributed by atoms with van der Waals surface area (Å²) in [5, 5.41) is 29.2. The number of rotatable bonds is 10. The molecule has 0 spiro atoms. The third kappa shape index (κ3) is 6.06. The standard InChI is InChI=1S/C22H27F3O3/c1-2-3-4-5-6-7-8-18(22(26,27)28)15-9-11-16(12-10-15)21-19(24)13-17(23)14-20(21)25/h9-14,18,26-28H,2-8H2,1H3. The predicted molar refractivity (Wildman–Crippen MR) is 102 cm³/mol. The first-order valence-electron chi connectivity index (χ1n) is 9.66. The van der Waals surface area contributed by atoms with Crippen molar-refractivity contribution in [3.63, 3.8) is 0 Å². The number of hydrogen-bond donors (Lipinski definition) is 3. The quantitative estimate of drug-likeness (QED) is 0.380. The van der Waals surface area contributed by atoms with E-state index >= 15 is 0 Å². The van der Waals surface area contributed by atoms with Crippen LogP contribution in [0.15, 0.2) is 36.4 Å². The Kier molecular flexibility index (Phi) is 8.04. The van der Waals surface area contributed by atoms with Crippen molar-refractivity contribution in [1.29, 1.82) is 0 Å². The average Bonchev–Trinajstić information content (AvgIpc) is 2.60. The van der Waals surface area contributed by atoms with E-state index in [2.05, 4.69) is 6.92 Å². The Morgan fingerprint density at radius 2 is 1.36 bits per heavy atom. The first-order valence-corrected chi connectivity index (χ1v) is 9.66. The molecule has 154 valence electrons. The number of hydrogen-bond acceptors (Lipinski definition) is 3.